The summed E-state index contributed by atoms with van der Waals surface area (Å²) in [6.07, 6.45) is 1.01. The lowest BCUT2D eigenvalue weighted by molar-refractivity contribution is -0.144. The number of rotatable bonds is 8. The highest BCUT2D eigenvalue weighted by atomic mass is 32.2. The maximum atomic E-state index is 13.6. The number of aromatic nitrogens is 2. The highest BCUT2D eigenvalue weighted by molar-refractivity contribution is 7.99. The summed E-state index contributed by atoms with van der Waals surface area (Å²) >= 11 is 1.34. The van der Waals surface area contributed by atoms with Crippen LogP contribution in [0.5, 0.6) is 0 Å². The van der Waals surface area contributed by atoms with Crippen molar-refractivity contribution in [3.8, 4) is 11.5 Å². The van der Waals surface area contributed by atoms with Crippen LogP contribution in [0.25, 0.3) is 11.5 Å². The van der Waals surface area contributed by atoms with E-state index in [1.807, 2.05) is 13.8 Å². The van der Waals surface area contributed by atoms with Crippen molar-refractivity contribution in [2.24, 2.45) is 5.92 Å². The van der Waals surface area contributed by atoms with Gasteiger partial charge < -0.3 is 9.15 Å². The molecule has 2 aromatic rings. The molecule has 124 valence electrons. The molecule has 0 N–H and O–H groups in total. The van der Waals surface area contributed by atoms with Gasteiger partial charge in [-0.2, -0.15) is 0 Å². The molecular weight excluding hydrogens is 319 g/mol. The molecule has 2 rings (SSSR count). The van der Waals surface area contributed by atoms with Gasteiger partial charge in [0.2, 0.25) is 0 Å². The SMILES string of the molecule is CC(C)COC(=O)CCCSc1nnc(-c2ccccc2F)o1. The van der Waals surface area contributed by atoms with E-state index in [0.717, 1.165) is 0 Å². The molecule has 0 amide bonds. The molecule has 0 aliphatic carbocycles. The number of thioether (sulfide) groups is 1. The second-order valence-corrected chi connectivity index (χ2v) is 6.43. The Hall–Kier alpha value is -1.89. The molecule has 1 aromatic carbocycles. The maximum absolute atomic E-state index is 13.6. The van der Waals surface area contributed by atoms with E-state index in [4.69, 9.17) is 9.15 Å². The normalized spacial score (nSPS) is 11.0. The van der Waals surface area contributed by atoms with Gasteiger partial charge in [-0.1, -0.05) is 37.7 Å². The van der Waals surface area contributed by atoms with Crippen molar-refractivity contribution < 1.29 is 18.3 Å². The van der Waals surface area contributed by atoms with Crippen LogP contribution in [-0.4, -0.2) is 28.5 Å². The van der Waals surface area contributed by atoms with Gasteiger partial charge in [0, 0.05) is 12.2 Å². The first-order valence-electron chi connectivity index (χ1n) is 7.43. The van der Waals surface area contributed by atoms with Gasteiger partial charge >= 0.3 is 5.97 Å². The fourth-order valence-corrected chi connectivity index (χ4v) is 2.42. The quantitative estimate of drug-likeness (QED) is 0.412. The Balaban J connectivity index is 1.75. The Morgan fingerprint density at radius 2 is 2.13 bits per heavy atom. The van der Waals surface area contributed by atoms with Crippen molar-refractivity contribution >= 4 is 17.7 Å². The lowest BCUT2D eigenvalue weighted by Crippen LogP contribution is -2.09. The minimum absolute atomic E-state index is 0.155. The Labute approximate surface area is 138 Å². The summed E-state index contributed by atoms with van der Waals surface area (Å²) in [4.78, 5) is 11.5. The molecule has 1 aromatic heterocycles. The number of hydrogen-bond acceptors (Lipinski definition) is 6. The van der Waals surface area contributed by atoms with Gasteiger partial charge in [0.25, 0.3) is 11.1 Å². The number of ether oxygens (including phenoxy) is 1. The summed E-state index contributed by atoms with van der Waals surface area (Å²) in [7, 11) is 0. The van der Waals surface area contributed by atoms with Crippen LogP contribution in [0.3, 0.4) is 0 Å². The minimum Gasteiger partial charge on any atom is -0.465 e. The van der Waals surface area contributed by atoms with Gasteiger partial charge in [-0.15, -0.1) is 10.2 Å². The third-order valence-electron chi connectivity index (χ3n) is 2.84. The van der Waals surface area contributed by atoms with E-state index in [0.29, 0.717) is 36.3 Å². The van der Waals surface area contributed by atoms with Crippen molar-refractivity contribution in [1.82, 2.24) is 10.2 Å². The molecule has 0 aliphatic rings. The molecule has 7 heteroatoms. The zero-order valence-electron chi connectivity index (χ0n) is 13.1. The Kier molecular flexibility index (Phi) is 6.58. The topological polar surface area (TPSA) is 65.2 Å². The smallest absolute Gasteiger partial charge is 0.305 e. The summed E-state index contributed by atoms with van der Waals surface area (Å²) in [5, 5.41) is 8.07. The van der Waals surface area contributed by atoms with Crippen LogP contribution in [0.2, 0.25) is 0 Å². The molecule has 1 heterocycles. The standard InChI is InChI=1S/C16H19FN2O3S/c1-11(2)10-21-14(20)8-5-9-23-16-19-18-15(22-16)12-6-3-4-7-13(12)17/h3-4,6-7,11H,5,8-10H2,1-2H3. The highest BCUT2D eigenvalue weighted by Gasteiger charge is 2.13. The molecule has 0 spiro atoms. The van der Waals surface area contributed by atoms with Crippen LogP contribution >= 0.6 is 11.8 Å². The first kappa shape index (κ1) is 17.5. The van der Waals surface area contributed by atoms with Crippen LogP contribution in [0.4, 0.5) is 4.39 Å². The molecular formula is C16H19FN2O3S. The first-order valence-corrected chi connectivity index (χ1v) is 8.41. The molecule has 23 heavy (non-hydrogen) atoms. The minimum atomic E-state index is -0.402. The lowest BCUT2D eigenvalue weighted by atomic mass is 10.2. The van der Waals surface area contributed by atoms with Crippen LogP contribution in [0.1, 0.15) is 26.7 Å². The van der Waals surface area contributed by atoms with Crippen LogP contribution in [-0.2, 0) is 9.53 Å². The predicted molar refractivity (Wildman–Crippen MR) is 85.4 cm³/mol. The molecule has 0 saturated heterocycles. The molecule has 0 aliphatic heterocycles. The maximum Gasteiger partial charge on any atom is 0.305 e. The molecule has 5 nitrogen and oxygen atoms in total. The Morgan fingerprint density at radius 3 is 2.87 bits per heavy atom. The fourth-order valence-electron chi connectivity index (χ4n) is 1.72. The summed E-state index contributed by atoms with van der Waals surface area (Å²) in [5.41, 5.74) is 0.282. The number of carbonyl (C=O) groups is 1. The average Bonchev–Trinajstić information content (AvgIpc) is 2.98. The second kappa shape index (κ2) is 8.67. The fraction of sp³-hybridized carbons (Fsp3) is 0.438. The number of carbonyl (C=O) groups excluding carboxylic acids is 1. The van der Waals surface area contributed by atoms with E-state index in [1.54, 1.807) is 18.2 Å². The third-order valence-corrected chi connectivity index (χ3v) is 3.74. The second-order valence-electron chi connectivity index (χ2n) is 5.38. The van der Waals surface area contributed by atoms with Gasteiger partial charge in [0.1, 0.15) is 5.82 Å². The summed E-state index contributed by atoms with van der Waals surface area (Å²) in [5.74, 6) is 0.540. The highest BCUT2D eigenvalue weighted by Crippen LogP contribution is 2.25. The Bertz CT molecular complexity index is 646. The van der Waals surface area contributed by atoms with E-state index in [2.05, 4.69) is 10.2 Å². The summed E-state index contributed by atoms with van der Waals surface area (Å²) in [6.45, 7) is 4.43. The van der Waals surface area contributed by atoms with Crippen molar-refractivity contribution in [1.29, 1.82) is 0 Å². The largest absolute Gasteiger partial charge is 0.465 e. The van der Waals surface area contributed by atoms with Crippen molar-refractivity contribution in [2.45, 2.75) is 31.9 Å². The monoisotopic (exact) mass is 338 g/mol. The molecule has 0 atom stereocenters. The molecule has 0 fully saturated rings. The van der Waals surface area contributed by atoms with Crippen LogP contribution in [0, 0.1) is 11.7 Å². The van der Waals surface area contributed by atoms with Crippen LogP contribution in [0.15, 0.2) is 33.9 Å². The predicted octanol–water partition coefficient (Wildman–Crippen LogP) is 3.95. The van der Waals surface area contributed by atoms with Crippen LogP contribution < -0.4 is 0 Å². The van der Waals surface area contributed by atoms with Gasteiger partial charge in [0.15, 0.2) is 0 Å². The number of halogens is 1. The number of nitrogens with zero attached hydrogens (tertiary/aromatic N) is 2. The van der Waals surface area contributed by atoms with E-state index < -0.39 is 5.82 Å². The zero-order valence-corrected chi connectivity index (χ0v) is 13.9. The molecule has 0 saturated carbocycles. The summed E-state index contributed by atoms with van der Waals surface area (Å²) in [6, 6.07) is 6.23. The van der Waals surface area contributed by atoms with E-state index >= 15 is 0 Å². The van der Waals surface area contributed by atoms with Crippen molar-refractivity contribution in [3.63, 3.8) is 0 Å². The molecule has 0 bridgehead atoms. The van der Waals surface area contributed by atoms with Gasteiger partial charge in [0.05, 0.1) is 12.2 Å². The van der Waals surface area contributed by atoms with Crippen molar-refractivity contribution in [2.75, 3.05) is 12.4 Å². The zero-order chi connectivity index (χ0) is 16.7. The number of benzene rings is 1. The van der Waals surface area contributed by atoms with Gasteiger partial charge in [-0.05, 0) is 24.5 Å². The number of esters is 1. The molecule has 0 unspecified atom stereocenters. The van der Waals surface area contributed by atoms with E-state index in [1.165, 1.54) is 17.8 Å². The first-order chi connectivity index (χ1) is 11.1. The van der Waals surface area contributed by atoms with Crippen molar-refractivity contribution in [3.05, 3.63) is 30.1 Å². The van der Waals surface area contributed by atoms with E-state index in [9.17, 15) is 9.18 Å². The Morgan fingerprint density at radius 1 is 1.35 bits per heavy atom. The van der Waals surface area contributed by atoms with Gasteiger partial charge in [-0.25, -0.2) is 4.39 Å². The summed E-state index contributed by atoms with van der Waals surface area (Å²) < 4.78 is 24.1. The average molecular weight is 338 g/mol. The number of hydrogen-bond donors (Lipinski definition) is 0. The lowest BCUT2D eigenvalue weighted by Gasteiger charge is -2.06. The van der Waals surface area contributed by atoms with E-state index in [-0.39, 0.29) is 17.4 Å². The third kappa shape index (κ3) is 5.67. The van der Waals surface area contributed by atoms with Gasteiger partial charge in [-0.3, -0.25) is 4.79 Å². The molecule has 0 radical (unpaired) electrons.